The molecule has 0 bridgehead atoms. The van der Waals surface area contributed by atoms with E-state index in [1.807, 2.05) is 0 Å². The van der Waals surface area contributed by atoms with E-state index < -0.39 is 21.7 Å². The van der Waals surface area contributed by atoms with E-state index in [0.717, 1.165) is 12.3 Å². The standard InChI is InChI=1S/C14H8ClFN4O3S2/c15-8-1-4-10(5-2-8)25(22,23)14-12(19-20-24-14)13(21)18-9-3-6-11(16)17-7-9/h1-7H,(H,18,21). The summed E-state index contributed by atoms with van der Waals surface area (Å²) in [6, 6.07) is 7.83. The summed E-state index contributed by atoms with van der Waals surface area (Å²) in [7, 11) is -3.99. The zero-order valence-corrected chi connectivity index (χ0v) is 14.6. The predicted octanol–water partition coefficient (Wildman–Crippen LogP) is 2.81. The highest BCUT2D eigenvalue weighted by Gasteiger charge is 2.29. The molecule has 7 nitrogen and oxygen atoms in total. The topological polar surface area (TPSA) is 102 Å². The fourth-order valence-corrected chi connectivity index (χ4v) is 4.28. The third-order valence-corrected chi connectivity index (χ3v) is 6.26. The molecule has 3 aromatic rings. The molecule has 2 aromatic heterocycles. The highest BCUT2D eigenvalue weighted by atomic mass is 35.5. The molecular formula is C14H8ClFN4O3S2. The first kappa shape index (κ1) is 17.4. The van der Waals surface area contributed by atoms with Gasteiger partial charge in [-0.15, -0.1) is 5.10 Å². The molecule has 25 heavy (non-hydrogen) atoms. The molecule has 0 atom stereocenters. The van der Waals surface area contributed by atoms with Crippen LogP contribution >= 0.6 is 23.1 Å². The van der Waals surface area contributed by atoms with E-state index in [2.05, 4.69) is 19.9 Å². The second-order valence-electron chi connectivity index (χ2n) is 4.69. The number of benzene rings is 1. The first-order valence-electron chi connectivity index (χ1n) is 6.64. The number of rotatable bonds is 4. The summed E-state index contributed by atoms with van der Waals surface area (Å²) in [5, 5.41) is 6.37. The first-order valence-corrected chi connectivity index (χ1v) is 9.27. The summed E-state index contributed by atoms with van der Waals surface area (Å²) < 4.78 is 41.4. The Hall–Kier alpha value is -2.43. The highest BCUT2D eigenvalue weighted by molar-refractivity contribution is 7.93. The molecule has 1 amide bonds. The highest BCUT2D eigenvalue weighted by Crippen LogP contribution is 2.27. The van der Waals surface area contributed by atoms with Gasteiger partial charge in [0.1, 0.15) is 0 Å². The van der Waals surface area contributed by atoms with Gasteiger partial charge in [-0.1, -0.05) is 16.1 Å². The van der Waals surface area contributed by atoms with Crippen LogP contribution in [0.5, 0.6) is 0 Å². The molecule has 0 saturated heterocycles. The van der Waals surface area contributed by atoms with E-state index in [9.17, 15) is 17.6 Å². The van der Waals surface area contributed by atoms with Crippen molar-refractivity contribution in [3.8, 4) is 0 Å². The van der Waals surface area contributed by atoms with Crippen LogP contribution in [0.3, 0.4) is 0 Å². The van der Waals surface area contributed by atoms with Crippen molar-refractivity contribution in [1.29, 1.82) is 0 Å². The van der Waals surface area contributed by atoms with E-state index in [1.54, 1.807) is 0 Å². The van der Waals surface area contributed by atoms with Crippen LogP contribution in [0, 0.1) is 5.95 Å². The number of pyridine rings is 1. The second kappa shape index (κ2) is 6.82. The van der Waals surface area contributed by atoms with Crippen LogP contribution in [0.1, 0.15) is 10.5 Å². The molecule has 2 heterocycles. The lowest BCUT2D eigenvalue weighted by molar-refractivity contribution is 0.101. The van der Waals surface area contributed by atoms with E-state index in [1.165, 1.54) is 30.3 Å². The molecule has 1 N–H and O–H groups in total. The number of carbonyl (C=O) groups is 1. The van der Waals surface area contributed by atoms with Gasteiger partial charge < -0.3 is 5.32 Å². The Bertz CT molecular complexity index is 1020. The Kier molecular flexibility index (Phi) is 4.75. The molecule has 3 rings (SSSR count). The van der Waals surface area contributed by atoms with E-state index in [0.29, 0.717) is 16.6 Å². The Morgan fingerprint density at radius 3 is 2.52 bits per heavy atom. The van der Waals surface area contributed by atoms with Crippen molar-refractivity contribution in [2.75, 3.05) is 5.32 Å². The number of nitrogens with zero attached hydrogens (tertiary/aromatic N) is 3. The van der Waals surface area contributed by atoms with Crippen molar-refractivity contribution in [3.05, 3.63) is 59.3 Å². The summed E-state index contributed by atoms with van der Waals surface area (Å²) in [4.78, 5) is 15.7. The van der Waals surface area contributed by atoms with Gasteiger partial charge in [-0.3, -0.25) is 4.79 Å². The van der Waals surface area contributed by atoms with Gasteiger partial charge in [0.25, 0.3) is 5.91 Å². The van der Waals surface area contributed by atoms with Crippen molar-refractivity contribution in [2.45, 2.75) is 9.10 Å². The van der Waals surface area contributed by atoms with E-state index >= 15 is 0 Å². The number of aromatic nitrogens is 3. The maximum absolute atomic E-state index is 12.8. The normalized spacial score (nSPS) is 11.3. The number of anilines is 1. The van der Waals surface area contributed by atoms with E-state index in [4.69, 9.17) is 11.6 Å². The summed E-state index contributed by atoms with van der Waals surface area (Å²) in [5.41, 5.74) is -0.168. The lowest BCUT2D eigenvalue weighted by atomic mass is 10.4. The van der Waals surface area contributed by atoms with Crippen molar-refractivity contribution in [1.82, 2.24) is 14.6 Å². The molecule has 0 fully saturated rings. The molecule has 0 saturated carbocycles. The van der Waals surface area contributed by atoms with Crippen molar-refractivity contribution < 1.29 is 17.6 Å². The minimum Gasteiger partial charge on any atom is -0.319 e. The molecule has 0 radical (unpaired) electrons. The number of hydrogen-bond acceptors (Lipinski definition) is 7. The SMILES string of the molecule is O=C(Nc1ccc(F)nc1)c1nnsc1S(=O)(=O)c1ccc(Cl)cc1. The Morgan fingerprint density at radius 1 is 1.16 bits per heavy atom. The van der Waals surface area contributed by atoms with Crippen LogP contribution in [0.25, 0.3) is 0 Å². The predicted molar refractivity (Wildman–Crippen MR) is 89.0 cm³/mol. The smallest absolute Gasteiger partial charge is 0.278 e. The van der Waals surface area contributed by atoms with Crippen molar-refractivity contribution in [2.24, 2.45) is 0 Å². The molecule has 0 aliphatic rings. The number of amides is 1. The zero-order valence-electron chi connectivity index (χ0n) is 12.2. The molecule has 128 valence electrons. The number of carbonyl (C=O) groups excluding carboxylic acids is 1. The van der Waals surface area contributed by atoms with Crippen LogP contribution in [-0.4, -0.2) is 28.9 Å². The van der Waals surface area contributed by atoms with Crippen LogP contribution in [-0.2, 0) is 9.84 Å². The molecule has 0 unspecified atom stereocenters. The summed E-state index contributed by atoms with van der Waals surface area (Å²) in [6.45, 7) is 0. The monoisotopic (exact) mass is 398 g/mol. The average Bonchev–Trinajstić information content (AvgIpc) is 3.08. The minimum atomic E-state index is -3.99. The fourth-order valence-electron chi connectivity index (χ4n) is 1.86. The quantitative estimate of drug-likeness (QED) is 0.678. The second-order valence-corrected chi connectivity index (χ2v) is 8.03. The largest absolute Gasteiger partial charge is 0.319 e. The lowest BCUT2D eigenvalue weighted by Crippen LogP contribution is -2.16. The Morgan fingerprint density at radius 2 is 1.88 bits per heavy atom. The van der Waals surface area contributed by atoms with E-state index in [-0.39, 0.29) is 20.5 Å². The van der Waals surface area contributed by atoms with Gasteiger partial charge in [0.05, 0.1) is 16.8 Å². The number of halogens is 2. The molecule has 0 aliphatic heterocycles. The van der Waals surface area contributed by atoms with Gasteiger partial charge in [0, 0.05) is 16.6 Å². The van der Waals surface area contributed by atoms with Crippen LogP contribution in [0.2, 0.25) is 5.02 Å². The van der Waals surface area contributed by atoms with Crippen LogP contribution in [0.4, 0.5) is 10.1 Å². The Labute approximate surface area is 150 Å². The van der Waals surface area contributed by atoms with Gasteiger partial charge in [-0.2, -0.15) is 4.39 Å². The molecule has 0 spiro atoms. The maximum atomic E-state index is 12.8. The third kappa shape index (κ3) is 3.65. The third-order valence-electron chi connectivity index (χ3n) is 3.03. The Balaban J connectivity index is 1.93. The summed E-state index contributed by atoms with van der Waals surface area (Å²) in [6.07, 6.45) is 1.10. The molecular weight excluding hydrogens is 391 g/mol. The number of nitrogens with one attached hydrogen (secondary N) is 1. The average molecular weight is 399 g/mol. The van der Waals surface area contributed by atoms with Crippen molar-refractivity contribution in [3.63, 3.8) is 0 Å². The minimum absolute atomic E-state index is 0.0413. The lowest BCUT2D eigenvalue weighted by Gasteiger charge is -2.05. The number of sulfone groups is 1. The molecule has 0 aliphatic carbocycles. The van der Waals surface area contributed by atoms with Crippen LogP contribution in [0.15, 0.2) is 51.7 Å². The van der Waals surface area contributed by atoms with Crippen LogP contribution < -0.4 is 5.32 Å². The first-order chi connectivity index (χ1) is 11.9. The van der Waals surface area contributed by atoms with Gasteiger partial charge >= 0.3 is 0 Å². The molecule has 11 heteroatoms. The fraction of sp³-hybridized carbons (Fsp3) is 0. The van der Waals surface area contributed by atoms with Crippen molar-refractivity contribution >= 4 is 44.6 Å². The van der Waals surface area contributed by atoms with Gasteiger partial charge in [0.2, 0.25) is 15.8 Å². The van der Waals surface area contributed by atoms with Gasteiger partial charge in [-0.05, 0) is 36.4 Å². The zero-order chi connectivity index (χ0) is 18.0. The molecule has 1 aromatic carbocycles. The van der Waals surface area contributed by atoms with Gasteiger partial charge in [0.15, 0.2) is 9.90 Å². The summed E-state index contributed by atoms with van der Waals surface area (Å²) >= 11 is 6.33. The summed E-state index contributed by atoms with van der Waals surface area (Å²) in [5.74, 6) is -1.51. The van der Waals surface area contributed by atoms with Gasteiger partial charge in [-0.25, -0.2) is 13.4 Å². The number of hydrogen-bond donors (Lipinski definition) is 1. The maximum Gasteiger partial charge on any atom is 0.278 e.